The summed E-state index contributed by atoms with van der Waals surface area (Å²) in [4.78, 5) is 12.0. The Morgan fingerprint density at radius 2 is 1.96 bits per heavy atom. The molecule has 0 fully saturated rings. The summed E-state index contributed by atoms with van der Waals surface area (Å²) in [6.07, 6.45) is 0.905. The van der Waals surface area contributed by atoms with Gasteiger partial charge in [-0.25, -0.2) is 0 Å². The minimum absolute atomic E-state index is 0.0713. The van der Waals surface area contributed by atoms with Gasteiger partial charge in [0.2, 0.25) is 0 Å². The van der Waals surface area contributed by atoms with Crippen LogP contribution >= 0.6 is 11.6 Å². The maximum atomic E-state index is 12.0. The summed E-state index contributed by atoms with van der Waals surface area (Å²) >= 11 is 5.93. The van der Waals surface area contributed by atoms with Crippen molar-refractivity contribution in [1.82, 2.24) is 5.32 Å². The van der Waals surface area contributed by atoms with Gasteiger partial charge >= 0.3 is 0 Å². The lowest BCUT2D eigenvalue weighted by Crippen LogP contribution is -2.26. The van der Waals surface area contributed by atoms with Crippen molar-refractivity contribution < 1.29 is 9.90 Å². The lowest BCUT2D eigenvalue weighted by Gasteiger charge is -2.19. The maximum Gasteiger partial charge on any atom is 0.251 e. The van der Waals surface area contributed by atoms with Crippen LogP contribution in [0.1, 0.15) is 35.3 Å². The van der Waals surface area contributed by atoms with Gasteiger partial charge in [0.15, 0.2) is 0 Å². The van der Waals surface area contributed by atoms with E-state index in [4.69, 9.17) is 16.7 Å². The average molecular weight is 333 g/mol. The highest BCUT2D eigenvalue weighted by Gasteiger charge is 2.11. The molecule has 0 radical (unpaired) electrons. The molecule has 2 aromatic rings. The lowest BCUT2D eigenvalue weighted by molar-refractivity contribution is 0.0945. The summed E-state index contributed by atoms with van der Waals surface area (Å²) in [6.45, 7) is 2.28. The molecule has 1 amide bonds. The predicted octanol–water partition coefficient (Wildman–Crippen LogP) is 3.63. The third-order valence-electron chi connectivity index (χ3n) is 3.54. The van der Waals surface area contributed by atoms with Gasteiger partial charge in [-0.3, -0.25) is 4.79 Å². The zero-order chi connectivity index (χ0) is 16.7. The molecule has 0 bridgehead atoms. The molecule has 5 heteroatoms. The number of aliphatic hydroxyl groups is 1. The van der Waals surface area contributed by atoms with Gasteiger partial charge in [-0.1, -0.05) is 36.7 Å². The number of hydrogen-bond acceptors (Lipinski definition) is 3. The number of carbonyl (C=O) groups excluding carboxylic acids is 1. The van der Waals surface area contributed by atoms with E-state index < -0.39 is 0 Å². The van der Waals surface area contributed by atoms with Crippen molar-refractivity contribution >= 4 is 23.2 Å². The first kappa shape index (κ1) is 17.3. The van der Waals surface area contributed by atoms with Gasteiger partial charge in [0.05, 0.1) is 12.6 Å². The van der Waals surface area contributed by atoms with E-state index >= 15 is 0 Å². The van der Waals surface area contributed by atoms with E-state index in [9.17, 15) is 4.79 Å². The first-order valence-corrected chi connectivity index (χ1v) is 8.03. The molecular formula is C18H21ClN2O2. The SMILES string of the molecule is CCC(Nc1cccc(C(=O)NCCO)c1)c1ccc(Cl)cc1. The van der Waals surface area contributed by atoms with Gasteiger partial charge in [-0.05, 0) is 42.3 Å². The van der Waals surface area contributed by atoms with Crippen LogP contribution in [0.2, 0.25) is 5.02 Å². The van der Waals surface area contributed by atoms with Gasteiger partial charge in [-0.2, -0.15) is 0 Å². The molecular weight excluding hydrogens is 312 g/mol. The molecule has 0 aliphatic rings. The first-order chi connectivity index (χ1) is 11.1. The first-order valence-electron chi connectivity index (χ1n) is 7.65. The van der Waals surface area contributed by atoms with Crippen LogP contribution in [0.5, 0.6) is 0 Å². The molecule has 122 valence electrons. The van der Waals surface area contributed by atoms with Crippen molar-refractivity contribution in [3.05, 3.63) is 64.7 Å². The molecule has 0 saturated carbocycles. The second-order valence-electron chi connectivity index (χ2n) is 5.22. The number of hydrogen-bond donors (Lipinski definition) is 3. The number of carbonyl (C=O) groups is 1. The molecule has 2 aromatic carbocycles. The van der Waals surface area contributed by atoms with E-state index in [0.29, 0.717) is 10.6 Å². The van der Waals surface area contributed by atoms with Gasteiger partial charge < -0.3 is 15.7 Å². The summed E-state index contributed by atoms with van der Waals surface area (Å²) in [7, 11) is 0. The quantitative estimate of drug-likeness (QED) is 0.725. The Hall–Kier alpha value is -2.04. The van der Waals surface area contributed by atoms with Crippen molar-refractivity contribution in [2.75, 3.05) is 18.5 Å². The summed E-state index contributed by atoms with van der Waals surface area (Å²) in [5, 5.41) is 15.6. The van der Waals surface area contributed by atoms with E-state index in [1.807, 2.05) is 42.5 Å². The Bertz CT molecular complexity index is 644. The summed E-state index contributed by atoms with van der Waals surface area (Å²) in [6, 6.07) is 15.2. The minimum atomic E-state index is -0.192. The number of benzene rings is 2. The van der Waals surface area contributed by atoms with Crippen molar-refractivity contribution in [3.63, 3.8) is 0 Å². The molecule has 1 unspecified atom stereocenters. The summed E-state index contributed by atoms with van der Waals surface area (Å²) in [5.74, 6) is -0.192. The van der Waals surface area contributed by atoms with Gasteiger partial charge in [-0.15, -0.1) is 0 Å². The van der Waals surface area contributed by atoms with Crippen molar-refractivity contribution in [2.45, 2.75) is 19.4 Å². The molecule has 3 N–H and O–H groups in total. The standard InChI is InChI=1S/C18H21ClN2O2/c1-2-17(13-6-8-15(19)9-7-13)21-16-5-3-4-14(12-16)18(23)20-10-11-22/h3-9,12,17,21-22H,2,10-11H2,1H3,(H,20,23). The van der Waals surface area contributed by atoms with E-state index in [-0.39, 0.29) is 25.1 Å². The largest absolute Gasteiger partial charge is 0.395 e. The number of aliphatic hydroxyl groups excluding tert-OH is 1. The highest BCUT2D eigenvalue weighted by Crippen LogP contribution is 2.24. The van der Waals surface area contributed by atoms with E-state index in [2.05, 4.69) is 17.6 Å². The zero-order valence-corrected chi connectivity index (χ0v) is 13.8. The van der Waals surface area contributed by atoms with Crippen LogP contribution in [0.25, 0.3) is 0 Å². The number of halogens is 1. The Kier molecular flexibility index (Phi) is 6.44. The summed E-state index contributed by atoms with van der Waals surface area (Å²) < 4.78 is 0. The highest BCUT2D eigenvalue weighted by molar-refractivity contribution is 6.30. The van der Waals surface area contributed by atoms with Crippen molar-refractivity contribution in [1.29, 1.82) is 0 Å². The number of anilines is 1. The van der Waals surface area contributed by atoms with Crippen LogP contribution in [-0.4, -0.2) is 24.2 Å². The Morgan fingerprint density at radius 1 is 1.22 bits per heavy atom. The highest BCUT2D eigenvalue weighted by atomic mass is 35.5. The fourth-order valence-electron chi connectivity index (χ4n) is 2.34. The second kappa shape index (κ2) is 8.56. The Labute approximate surface area is 141 Å². The van der Waals surface area contributed by atoms with E-state index in [1.165, 1.54) is 0 Å². The monoisotopic (exact) mass is 332 g/mol. The molecule has 4 nitrogen and oxygen atoms in total. The van der Waals surface area contributed by atoms with Gasteiger partial charge in [0, 0.05) is 22.8 Å². The van der Waals surface area contributed by atoms with Crippen molar-refractivity contribution in [2.24, 2.45) is 0 Å². The Balaban J connectivity index is 2.11. The maximum absolute atomic E-state index is 12.0. The molecule has 0 aliphatic carbocycles. The average Bonchev–Trinajstić information content (AvgIpc) is 2.58. The molecule has 23 heavy (non-hydrogen) atoms. The fraction of sp³-hybridized carbons (Fsp3) is 0.278. The zero-order valence-electron chi connectivity index (χ0n) is 13.1. The van der Waals surface area contributed by atoms with Crippen LogP contribution in [0.15, 0.2) is 48.5 Å². The molecule has 0 heterocycles. The molecule has 2 rings (SSSR count). The minimum Gasteiger partial charge on any atom is -0.395 e. The topological polar surface area (TPSA) is 61.4 Å². The number of amides is 1. The van der Waals surface area contributed by atoms with Gasteiger partial charge in [0.1, 0.15) is 0 Å². The van der Waals surface area contributed by atoms with Crippen LogP contribution in [0.4, 0.5) is 5.69 Å². The normalized spacial score (nSPS) is 11.8. The fourth-order valence-corrected chi connectivity index (χ4v) is 2.47. The van der Waals surface area contributed by atoms with Crippen LogP contribution in [0, 0.1) is 0 Å². The molecule has 0 saturated heterocycles. The molecule has 0 aromatic heterocycles. The third kappa shape index (κ3) is 4.98. The molecule has 0 aliphatic heterocycles. The second-order valence-corrected chi connectivity index (χ2v) is 5.65. The Morgan fingerprint density at radius 3 is 2.61 bits per heavy atom. The van der Waals surface area contributed by atoms with Crippen LogP contribution < -0.4 is 10.6 Å². The predicted molar refractivity (Wildman–Crippen MR) is 94.0 cm³/mol. The smallest absolute Gasteiger partial charge is 0.251 e. The molecule has 1 atom stereocenters. The summed E-state index contributed by atoms with van der Waals surface area (Å²) in [5.41, 5.74) is 2.59. The number of rotatable bonds is 7. The third-order valence-corrected chi connectivity index (χ3v) is 3.80. The van der Waals surface area contributed by atoms with E-state index in [1.54, 1.807) is 6.07 Å². The number of nitrogens with one attached hydrogen (secondary N) is 2. The van der Waals surface area contributed by atoms with Gasteiger partial charge in [0.25, 0.3) is 5.91 Å². The van der Waals surface area contributed by atoms with Crippen molar-refractivity contribution in [3.8, 4) is 0 Å². The molecule has 0 spiro atoms. The van der Waals surface area contributed by atoms with Crippen LogP contribution in [-0.2, 0) is 0 Å². The lowest BCUT2D eigenvalue weighted by atomic mass is 10.0. The van der Waals surface area contributed by atoms with E-state index in [0.717, 1.165) is 17.7 Å². The van der Waals surface area contributed by atoms with Crippen LogP contribution in [0.3, 0.4) is 0 Å².